The molecule has 4 rings (SSSR count). The van der Waals surface area contributed by atoms with E-state index < -0.39 is 17.9 Å². The maximum Gasteiger partial charge on any atom is 0.274 e. The summed E-state index contributed by atoms with van der Waals surface area (Å²) in [6, 6.07) is -0.955. The average Bonchev–Trinajstić information content (AvgIpc) is 3.53. The Balaban J connectivity index is 1.69. The van der Waals surface area contributed by atoms with Gasteiger partial charge in [0.05, 0.1) is 12.6 Å². The largest absolute Gasteiger partial charge is 0.443 e. The van der Waals surface area contributed by atoms with Crippen LogP contribution in [0.2, 0.25) is 0 Å². The van der Waals surface area contributed by atoms with Gasteiger partial charge in [-0.25, -0.2) is 15.0 Å². The van der Waals surface area contributed by atoms with Crippen molar-refractivity contribution >= 4 is 52.2 Å². The zero-order valence-electron chi connectivity index (χ0n) is 18.1. The number of carbonyl (C=O) groups excluding carboxylic acids is 3. The molecule has 3 amide bonds. The molecule has 0 saturated carbocycles. The van der Waals surface area contributed by atoms with Crippen LogP contribution in [-0.4, -0.2) is 44.7 Å². The smallest absolute Gasteiger partial charge is 0.274 e. The number of aryl methyl sites for hydroxylation is 1. The summed E-state index contributed by atoms with van der Waals surface area (Å²) in [5.74, 6) is 0.219. The van der Waals surface area contributed by atoms with E-state index >= 15 is 0 Å². The van der Waals surface area contributed by atoms with Crippen molar-refractivity contribution in [3.8, 4) is 0 Å². The lowest BCUT2D eigenvalue weighted by Gasteiger charge is -2.15. The summed E-state index contributed by atoms with van der Waals surface area (Å²) in [4.78, 5) is 51.3. The van der Waals surface area contributed by atoms with Crippen LogP contribution in [0.1, 0.15) is 78.6 Å². The fourth-order valence-corrected chi connectivity index (χ4v) is 5.23. The summed E-state index contributed by atoms with van der Waals surface area (Å²) in [6.07, 6.45) is 2.62. The first-order chi connectivity index (χ1) is 15.9. The number of oxazole rings is 1. The van der Waals surface area contributed by atoms with E-state index in [9.17, 15) is 14.4 Å². The first kappa shape index (κ1) is 23.4. The van der Waals surface area contributed by atoms with Crippen LogP contribution in [0.4, 0.5) is 0 Å². The minimum absolute atomic E-state index is 0.145. The molecular formula is C20H22N6O4S3. The van der Waals surface area contributed by atoms with Crippen molar-refractivity contribution in [1.29, 1.82) is 0 Å². The molecule has 3 aromatic rings. The molecule has 0 saturated heterocycles. The van der Waals surface area contributed by atoms with E-state index in [-0.39, 0.29) is 41.5 Å². The van der Waals surface area contributed by atoms with E-state index in [0.29, 0.717) is 22.2 Å². The van der Waals surface area contributed by atoms with Gasteiger partial charge >= 0.3 is 0 Å². The standard InChI is InChI=1S/C20H22N6O4S3/c1-9-19-26-15(10(2)30-19)18(29)24-11(4-5-31-3)20-25-12(8-33-20)16(27)21-6-14-23-13(7-32-14)17(28)22-9/h7-9,11H,4-6H2,1-3H3,(H,21,27)(H,22,28)(H,24,29)/t9-,11-/m0/s1. The Morgan fingerprint density at radius 2 is 1.82 bits per heavy atom. The van der Waals surface area contributed by atoms with Crippen molar-refractivity contribution in [2.75, 3.05) is 12.0 Å². The molecule has 3 N–H and O–H groups in total. The highest BCUT2D eigenvalue weighted by atomic mass is 32.2. The molecule has 2 atom stereocenters. The van der Waals surface area contributed by atoms with Crippen molar-refractivity contribution in [1.82, 2.24) is 30.9 Å². The second kappa shape index (κ2) is 10.0. The van der Waals surface area contributed by atoms with Crippen molar-refractivity contribution < 1.29 is 18.8 Å². The van der Waals surface area contributed by atoms with E-state index in [4.69, 9.17) is 4.42 Å². The molecule has 13 heteroatoms. The molecule has 1 aliphatic heterocycles. The van der Waals surface area contributed by atoms with Crippen molar-refractivity contribution in [3.63, 3.8) is 0 Å². The molecule has 0 unspecified atom stereocenters. The van der Waals surface area contributed by atoms with E-state index in [0.717, 1.165) is 5.75 Å². The highest BCUT2D eigenvalue weighted by Gasteiger charge is 2.26. The van der Waals surface area contributed by atoms with Crippen LogP contribution in [0, 0.1) is 6.92 Å². The van der Waals surface area contributed by atoms with E-state index in [2.05, 4.69) is 30.9 Å². The first-order valence-corrected chi connectivity index (χ1v) is 13.3. The summed E-state index contributed by atoms with van der Waals surface area (Å²) >= 11 is 4.24. The maximum absolute atomic E-state index is 13.0. The summed E-state index contributed by atoms with van der Waals surface area (Å²) in [5.41, 5.74) is 0.639. The number of amides is 3. The molecule has 3 aromatic heterocycles. The average molecular weight is 507 g/mol. The number of nitrogens with zero attached hydrogens (tertiary/aromatic N) is 3. The molecule has 0 fully saturated rings. The second-order valence-corrected chi connectivity index (χ2v) is 10.2. The van der Waals surface area contributed by atoms with E-state index in [1.807, 2.05) is 6.26 Å². The first-order valence-electron chi connectivity index (χ1n) is 10.1. The van der Waals surface area contributed by atoms with Crippen LogP contribution in [0.5, 0.6) is 0 Å². The zero-order chi connectivity index (χ0) is 23.5. The second-order valence-electron chi connectivity index (χ2n) is 7.34. The minimum atomic E-state index is -0.574. The summed E-state index contributed by atoms with van der Waals surface area (Å²) in [5, 5.41) is 13.1. The van der Waals surface area contributed by atoms with Crippen LogP contribution in [-0.2, 0) is 6.54 Å². The molecule has 0 spiro atoms. The summed E-state index contributed by atoms with van der Waals surface area (Å²) in [6.45, 7) is 3.54. The van der Waals surface area contributed by atoms with Crippen molar-refractivity contribution in [2.24, 2.45) is 0 Å². The van der Waals surface area contributed by atoms with Gasteiger partial charge in [0.15, 0.2) is 5.69 Å². The van der Waals surface area contributed by atoms with Crippen LogP contribution in [0.3, 0.4) is 0 Å². The number of hydrogen-bond acceptors (Lipinski definition) is 10. The lowest BCUT2D eigenvalue weighted by Crippen LogP contribution is -2.30. The molecular weight excluding hydrogens is 484 g/mol. The Morgan fingerprint density at radius 1 is 1.06 bits per heavy atom. The van der Waals surface area contributed by atoms with Crippen LogP contribution >= 0.6 is 34.4 Å². The third kappa shape index (κ3) is 5.25. The molecule has 4 heterocycles. The number of fused-ring (bicyclic) bond motifs is 6. The topological polar surface area (TPSA) is 139 Å². The van der Waals surface area contributed by atoms with E-state index in [1.54, 1.807) is 36.4 Å². The van der Waals surface area contributed by atoms with Crippen molar-refractivity contribution in [2.45, 2.75) is 38.9 Å². The monoisotopic (exact) mass is 506 g/mol. The number of aromatic nitrogens is 3. The predicted octanol–water partition coefficient (Wildman–Crippen LogP) is 2.85. The zero-order valence-corrected chi connectivity index (χ0v) is 20.6. The van der Waals surface area contributed by atoms with Gasteiger partial charge in [-0.05, 0) is 32.3 Å². The Morgan fingerprint density at radius 3 is 2.61 bits per heavy atom. The lowest BCUT2D eigenvalue weighted by atomic mass is 10.2. The summed E-state index contributed by atoms with van der Waals surface area (Å²) in [7, 11) is 0. The molecule has 6 bridgehead atoms. The van der Waals surface area contributed by atoms with Gasteiger partial charge in [0.25, 0.3) is 17.7 Å². The number of hydrogen-bond donors (Lipinski definition) is 3. The van der Waals surface area contributed by atoms with Gasteiger partial charge in [0, 0.05) is 10.8 Å². The quantitative estimate of drug-likeness (QED) is 0.493. The van der Waals surface area contributed by atoms with Gasteiger partial charge in [0.2, 0.25) is 5.89 Å². The molecule has 1 aliphatic rings. The number of rotatable bonds is 3. The van der Waals surface area contributed by atoms with E-state index in [1.165, 1.54) is 22.7 Å². The molecule has 0 aromatic carbocycles. The number of carbonyl (C=O) groups is 3. The third-order valence-electron chi connectivity index (χ3n) is 4.90. The Kier molecular flexibility index (Phi) is 7.10. The van der Waals surface area contributed by atoms with Gasteiger partial charge < -0.3 is 20.4 Å². The van der Waals surface area contributed by atoms with Crippen LogP contribution in [0.25, 0.3) is 0 Å². The number of nitrogens with one attached hydrogen (secondary N) is 3. The molecule has 0 radical (unpaired) electrons. The van der Waals surface area contributed by atoms with Gasteiger partial charge in [-0.3, -0.25) is 14.4 Å². The molecule has 0 aliphatic carbocycles. The van der Waals surface area contributed by atoms with Gasteiger partial charge in [-0.15, -0.1) is 22.7 Å². The summed E-state index contributed by atoms with van der Waals surface area (Å²) < 4.78 is 5.68. The predicted molar refractivity (Wildman–Crippen MR) is 126 cm³/mol. The Labute approximate surface area is 202 Å². The minimum Gasteiger partial charge on any atom is -0.443 e. The number of thiazole rings is 2. The SMILES string of the molecule is CSCC[C@@H]1NC(=O)c2nc(oc2C)[C@H](C)NC(=O)c2csc(n2)CNC(=O)c2csc1n2. The highest BCUT2D eigenvalue weighted by Crippen LogP contribution is 2.25. The van der Waals surface area contributed by atoms with Crippen LogP contribution in [0.15, 0.2) is 15.2 Å². The van der Waals surface area contributed by atoms with Gasteiger partial charge in [-0.1, -0.05) is 0 Å². The van der Waals surface area contributed by atoms with Crippen molar-refractivity contribution in [3.05, 3.63) is 49.5 Å². The molecule has 174 valence electrons. The molecule has 33 heavy (non-hydrogen) atoms. The Bertz CT molecular complexity index is 1190. The highest BCUT2D eigenvalue weighted by molar-refractivity contribution is 7.98. The Hall–Kier alpha value is -2.77. The van der Waals surface area contributed by atoms with Gasteiger partial charge in [-0.2, -0.15) is 11.8 Å². The van der Waals surface area contributed by atoms with Gasteiger partial charge in [0.1, 0.15) is 33.2 Å². The fourth-order valence-electron chi connectivity index (χ4n) is 3.16. The third-order valence-corrected chi connectivity index (χ3v) is 7.35. The fraction of sp³-hybridized carbons (Fsp3) is 0.400. The van der Waals surface area contributed by atoms with Crippen LogP contribution < -0.4 is 16.0 Å². The number of thioether (sulfide) groups is 1. The maximum atomic E-state index is 13.0. The normalized spacial score (nSPS) is 19.3. The molecule has 10 nitrogen and oxygen atoms in total. The lowest BCUT2D eigenvalue weighted by molar-refractivity contribution is 0.0923.